The number of hydrogen-bond donors (Lipinski definition) is 2. The first-order chi connectivity index (χ1) is 9.43. The molecule has 102 valence electrons. The lowest BCUT2D eigenvalue weighted by atomic mass is 10.3. The quantitative estimate of drug-likeness (QED) is 0.684. The zero-order valence-electron chi connectivity index (χ0n) is 10.8. The van der Waals surface area contributed by atoms with E-state index in [2.05, 4.69) is 36.0 Å². The monoisotopic (exact) mass is 262 g/mol. The molecule has 0 atom stereocenters. The van der Waals surface area contributed by atoms with Crippen LogP contribution in [0.5, 0.6) is 0 Å². The maximum Gasteiger partial charge on any atom is 0.199 e. The van der Waals surface area contributed by atoms with Crippen LogP contribution in [0.25, 0.3) is 5.65 Å². The number of aromatic nitrogens is 5. The van der Waals surface area contributed by atoms with Gasteiger partial charge in [0.05, 0.1) is 12.4 Å². The Morgan fingerprint density at radius 2 is 2.16 bits per heavy atom. The smallest absolute Gasteiger partial charge is 0.199 e. The molecule has 0 aromatic carbocycles. The molecule has 3 rings (SSSR count). The summed E-state index contributed by atoms with van der Waals surface area (Å²) in [5, 5.41) is 18.1. The lowest BCUT2D eigenvalue weighted by molar-refractivity contribution is 0.240. The normalized spacial score (nSPS) is 16.8. The van der Waals surface area contributed by atoms with E-state index < -0.39 is 0 Å². The topological polar surface area (TPSA) is 83.3 Å². The molecule has 2 N–H and O–H groups in total. The van der Waals surface area contributed by atoms with Crippen LogP contribution in [0.1, 0.15) is 6.42 Å². The van der Waals surface area contributed by atoms with Crippen molar-refractivity contribution in [3.8, 4) is 0 Å². The van der Waals surface area contributed by atoms with Crippen LogP contribution in [-0.4, -0.2) is 69.2 Å². The van der Waals surface area contributed by atoms with E-state index in [-0.39, 0.29) is 0 Å². The van der Waals surface area contributed by atoms with Crippen LogP contribution in [0.15, 0.2) is 12.4 Å². The summed E-state index contributed by atoms with van der Waals surface area (Å²) in [7, 11) is 0. The Balaban J connectivity index is 1.48. The minimum Gasteiger partial charge on any atom is -0.369 e. The Bertz CT molecular complexity index is 518. The summed E-state index contributed by atoms with van der Waals surface area (Å²) < 4.78 is 1.66. The Kier molecular flexibility index (Phi) is 3.80. The van der Waals surface area contributed by atoms with Gasteiger partial charge in [0.1, 0.15) is 5.82 Å². The minimum absolute atomic E-state index is 0.659. The highest BCUT2D eigenvalue weighted by Crippen LogP contribution is 2.05. The van der Waals surface area contributed by atoms with Crippen LogP contribution in [0, 0.1) is 0 Å². The fourth-order valence-electron chi connectivity index (χ4n) is 2.25. The van der Waals surface area contributed by atoms with Crippen LogP contribution in [0.4, 0.5) is 5.82 Å². The molecule has 8 nitrogen and oxygen atoms in total. The average molecular weight is 262 g/mol. The van der Waals surface area contributed by atoms with Crippen molar-refractivity contribution in [2.45, 2.75) is 6.42 Å². The standard InChI is InChI=1S/C11H18N8/c1(5-18-6-3-12-4-7-18)2-14-10-8-13-9-11-15-16-17-19(10)11/h8-9,12,14H,1-7H2. The Labute approximate surface area is 111 Å². The Morgan fingerprint density at radius 1 is 1.26 bits per heavy atom. The molecule has 0 unspecified atom stereocenters. The number of rotatable bonds is 5. The van der Waals surface area contributed by atoms with E-state index in [0.29, 0.717) is 5.65 Å². The highest BCUT2D eigenvalue weighted by atomic mass is 15.5. The van der Waals surface area contributed by atoms with Crippen molar-refractivity contribution in [3.05, 3.63) is 12.4 Å². The van der Waals surface area contributed by atoms with Crippen LogP contribution in [-0.2, 0) is 0 Å². The van der Waals surface area contributed by atoms with Crippen molar-refractivity contribution in [1.29, 1.82) is 0 Å². The first-order valence-electron chi connectivity index (χ1n) is 6.62. The van der Waals surface area contributed by atoms with Crippen molar-refractivity contribution in [3.63, 3.8) is 0 Å². The van der Waals surface area contributed by atoms with E-state index in [4.69, 9.17) is 0 Å². The lowest BCUT2D eigenvalue weighted by Gasteiger charge is -2.27. The van der Waals surface area contributed by atoms with Crippen molar-refractivity contribution in [2.24, 2.45) is 0 Å². The summed E-state index contributed by atoms with van der Waals surface area (Å²) in [5.74, 6) is 0.836. The fourth-order valence-corrected chi connectivity index (χ4v) is 2.25. The van der Waals surface area contributed by atoms with Gasteiger partial charge in [0.2, 0.25) is 0 Å². The molecule has 1 aliphatic heterocycles. The zero-order valence-corrected chi connectivity index (χ0v) is 10.8. The van der Waals surface area contributed by atoms with E-state index in [1.54, 1.807) is 16.9 Å². The van der Waals surface area contributed by atoms with E-state index >= 15 is 0 Å². The number of tetrazole rings is 1. The molecular weight excluding hydrogens is 244 g/mol. The SMILES string of the molecule is c1ncc2nnnn2c1NCCCN1CCNCC1. The maximum absolute atomic E-state index is 4.11. The predicted octanol–water partition coefficient (Wildman–Crippen LogP) is -0.773. The third kappa shape index (κ3) is 2.96. The summed E-state index contributed by atoms with van der Waals surface area (Å²) >= 11 is 0. The van der Waals surface area contributed by atoms with Crippen LogP contribution >= 0.6 is 0 Å². The molecule has 8 heteroatoms. The maximum atomic E-state index is 4.11. The molecule has 0 bridgehead atoms. The van der Waals surface area contributed by atoms with Crippen LogP contribution in [0.3, 0.4) is 0 Å². The van der Waals surface area contributed by atoms with Crippen molar-refractivity contribution in [1.82, 2.24) is 35.2 Å². The third-order valence-electron chi connectivity index (χ3n) is 3.28. The van der Waals surface area contributed by atoms with Gasteiger partial charge in [-0.05, 0) is 23.4 Å². The van der Waals surface area contributed by atoms with Gasteiger partial charge in [-0.3, -0.25) is 4.98 Å². The second-order valence-electron chi connectivity index (χ2n) is 4.61. The summed E-state index contributed by atoms with van der Waals surface area (Å²) in [4.78, 5) is 6.59. The molecule has 2 aromatic rings. The summed E-state index contributed by atoms with van der Waals surface area (Å²) in [6, 6.07) is 0. The highest BCUT2D eigenvalue weighted by molar-refractivity contribution is 5.43. The van der Waals surface area contributed by atoms with Gasteiger partial charge in [-0.1, -0.05) is 0 Å². The van der Waals surface area contributed by atoms with Gasteiger partial charge in [-0.15, -0.1) is 5.10 Å². The molecule has 0 amide bonds. The third-order valence-corrected chi connectivity index (χ3v) is 3.28. The van der Waals surface area contributed by atoms with Gasteiger partial charge < -0.3 is 15.5 Å². The summed E-state index contributed by atoms with van der Waals surface area (Å²) in [5.41, 5.74) is 0.659. The van der Waals surface area contributed by atoms with Gasteiger partial charge in [-0.2, -0.15) is 4.52 Å². The molecular formula is C11H18N8. The summed E-state index contributed by atoms with van der Waals surface area (Å²) in [6.45, 7) is 6.50. The van der Waals surface area contributed by atoms with E-state index in [1.807, 2.05) is 0 Å². The zero-order chi connectivity index (χ0) is 12.9. The average Bonchev–Trinajstić information content (AvgIpc) is 2.94. The molecule has 0 aliphatic carbocycles. The number of piperazine rings is 1. The molecule has 0 spiro atoms. The first-order valence-corrected chi connectivity index (χ1v) is 6.62. The molecule has 1 fully saturated rings. The highest BCUT2D eigenvalue weighted by Gasteiger charge is 2.08. The fraction of sp³-hybridized carbons (Fsp3) is 0.636. The van der Waals surface area contributed by atoms with Gasteiger partial charge in [0.25, 0.3) is 0 Å². The summed E-state index contributed by atoms with van der Waals surface area (Å²) in [6.07, 6.45) is 4.48. The van der Waals surface area contributed by atoms with E-state index in [1.165, 1.54) is 0 Å². The van der Waals surface area contributed by atoms with Gasteiger partial charge in [0.15, 0.2) is 5.65 Å². The van der Waals surface area contributed by atoms with E-state index in [0.717, 1.165) is 51.5 Å². The largest absolute Gasteiger partial charge is 0.369 e. The van der Waals surface area contributed by atoms with Crippen molar-refractivity contribution >= 4 is 11.5 Å². The molecule has 0 saturated carbocycles. The number of nitrogens with zero attached hydrogens (tertiary/aromatic N) is 6. The molecule has 1 saturated heterocycles. The first kappa shape index (κ1) is 12.2. The van der Waals surface area contributed by atoms with Gasteiger partial charge in [-0.25, -0.2) is 0 Å². The Hall–Kier alpha value is -1.80. The second kappa shape index (κ2) is 5.89. The van der Waals surface area contributed by atoms with Gasteiger partial charge in [0, 0.05) is 32.7 Å². The Morgan fingerprint density at radius 3 is 3.05 bits per heavy atom. The molecule has 2 aromatic heterocycles. The van der Waals surface area contributed by atoms with Crippen LogP contribution in [0.2, 0.25) is 0 Å². The van der Waals surface area contributed by atoms with Crippen molar-refractivity contribution in [2.75, 3.05) is 44.6 Å². The lowest BCUT2D eigenvalue weighted by Crippen LogP contribution is -2.44. The molecule has 0 radical (unpaired) electrons. The number of fused-ring (bicyclic) bond motifs is 1. The number of anilines is 1. The minimum atomic E-state index is 0.659. The number of nitrogens with one attached hydrogen (secondary N) is 2. The van der Waals surface area contributed by atoms with Crippen LogP contribution < -0.4 is 10.6 Å². The molecule has 1 aliphatic rings. The second-order valence-corrected chi connectivity index (χ2v) is 4.61. The number of hydrogen-bond acceptors (Lipinski definition) is 7. The molecule has 19 heavy (non-hydrogen) atoms. The van der Waals surface area contributed by atoms with Crippen molar-refractivity contribution < 1.29 is 0 Å². The van der Waals surface area contributed by atoms with Gasteiger partial charge >= 0.3 is 0 Å². The molecule has 3 heterocycles. The van der Waals surface area contributed by atoms with E-state index in [9.17, 15) is 0 Å². The predicted molar refractivity (Wildman–Crippen MR) is 71.0 cm³/mol.